The molecule has 0 saturated carbocycles. The van der Waals surface area contributed by atoms with E-state index in [0.29, 0.717) is 36.2 Å². The lowest BCUT2D eigenvalue weighted by atomic mass is 9.84. The molecule has 0 spiro atoms. The Balaban J connectivity index is 1.63. The van der Waals surface area contributed by atoms with Crippen molar-refractivity contribution in [3.8, 4) is 0 Å². The molecule has 2 aromatic rings. The molecule has 4 rings (SSSR count). The van der Waals surface area contributed by atoms with E-state index in [1.165, 1.54) is 6.20 Å². The number of allylic oxidation sites excluding steroid dienone is 5. The summed E-state index contributed by atoms with van der Waals surface area (Å²) < 4.78 is 0. The molecule has 182 valence electrons. The number of hydrogen-bond acceptors (Lipinski definition) is 6. The largest absolute Gasteiger partial charge is 0.481 e. The zero-order chi connectivity index (χ0) is 24.9. The molecule has 7 heteroatoms. The molecule has 2 aliphatic heterocycles. The fourth-order valence-electron chi connectivity index (χ4n) is 4.88. The highest BCUT2D eigenvalue weighted by Crippen LogP contribution is 2.36. The minimum atomic E-state index is -0.709. The molecule has 0 aromatic heterocycles. The van der Waals surface area contributed by atoms with Crippen LogP contribution in [0.3, 0.4) is 0 Å². The first kappa shape index (κ1) is 24.4. The van der Waals surface area contributed by atoms with Crippen molar-refractivity contribution >= 4 is 11.7 Å². The molecule has 1 saturated heterocycles. The molecule has 1 unspecified atom stereocenters. The SMILES string of the molecule is CC1=CC(=C(CC(c2ccc(N3CCC(C(=O)O)CC3)cc2)c2ccccc2C)N=O)C=CN1O. The smallest absolute Gasteiger partial charge is 0.306 e. The zero-order valence-corrected chi connectivity index (χ0v) is 20.1. The third kappa shape index (κ3) is 5.52. The van der Waals surface area contributed by atoms with E-state index in [4.69, 9.17) is 0 Å². The second kappa shape index (κ2) is 10.7. The van der Waals surface area contributed by atoms with Gasteiger partial charge >= 0.3 is 5.97 Å². The second-order valence-corrected chi connectivity index (χ2v) is 9.24. The summed E-state index contributed by atoms with van der Waals surface area (Å²) in [6.45, 7) is 5.28. The molecule has 2 aliphatic rings. The van der Waals surface area contributed by atoms with E-state index in [2.05, 4.69) is 53.4 Å². The Morgan fingerprint density at radius 3 is 2.37 bits per heavy atom. The number of nitrogens with zero attached hydrogens (tertiary/aromatic N) is 3. The van der Waals surface area contributed by atoms with E-state index >= 15 is 0 Å². The van der Waals surface area contributed by atoms with Crippen LogP contribution in [0.15, 0.2) is 89.0 Å². The molecular formula is C28H31N3O4. The average Bonchev–Trinajstić information content (AvgIpc) is 2.87. The maximum atomic E-state index is 11.9. The number of carbonyl (C=O) groups is 1. The summed E-state index contributed by atoms with van der Waals surface area (Å²) in [7, 11) is 0. The van der Waals surface area contributed by atoms with E-state index in [1.54, 1.807) is 19.1 Å². The summed E-state index contributed by atoms with van der Waals surface area (Å²) in [6.07, 6.45) is 6.69. The van der Waals surface area contributed by atoms with Crippen molar-refractivity contribution in [1.29, 1.82) is 0 Å². The fraction of sp³-hybridized carbons (Fsp3) is 0.321. The Bertz CT molecular complexity index is 1170. The molecule has 2 N–H and O–H groups in total. The topological polar surface area (TPSA) is 93.4 Å². The van der Waals surface area contributed by atoms with Crippen molar-refractivity contribution < 1.29 is 15.1 Å². The van der Waals surface area contributed by atoms with Crippen LogP contribution in [0.5, 0.6) is 0 Å². The number of rotatable bonds is 7. The van der Waals surface area contributed by atoms with Gasteiger partial charge in [-0.3, -0.25) is 10.0 Å². The van der Waals surface area contributed by atoms with Crippen molar-refractivity contribution in [2.45, 2.75) is 39.0 Å². The monoisotopic (exact) mass is 473 g/mol. The van der Waals surface area contributed by atoms with Gasteiger partial charge in [0, 0.05) is 48.6 Å². The van der Waals surface area contributed by atoms with Crippen LogP contribution in [0.1, 0.15) is 48.8 Å². The van der Waals surface area contributed by atoms with Crippen LogP contribution in [0.2, 0.25) is 0 Å². The van der Waals surface area contributed by atoms with Crippen molar-refractivity contribution in [1.82, 2.24) is 5.06 Å². The maximum absolute atomic E-state index is 11.9. The quantitative estimate of drug-likeness (QED) is 0.482. The molecule has 2 heterocycles. The average molecular weight is 474 g/mol. The first-order valence-corrected chi connectivity index (χ1v) is 11.9. The number of nitroso groups, excluding NO2 is 1. The van der Waals surface area contributed by atoms with Gasteiger partial charge in [0.05, 0.1) is 11.6 Å². The van der Waals surface area contributed by atoms with E-state index in [-0.39, 0.29) is 11.8 Å². The molecule has 1 fully saturated rings. The van der Waals surface area contributed by atoms with E-state index in [9.17, 15) is 20.0 Å². The number of benzene rings is 2. The number of anilines is 1. The van der Waals surface area contributed by atoms with Crippen LogP contribution >= 0.6 is 0 Å². The summed E-state index contributed by atoms with van der Waals surface area (Å²) in [6, 6.07) is 16.5. The van der Waals surface area contributed by atoms with Crippen molar-refractivity contribution in [2.75, 3.05) is 18.0 Å². The van der Waals surface area contributed by atoms with Crippen molar-refractivity contribution in [3.63, 3.8) is 0 Å². The van der Waals surface area contributed by atoms with Gasteiger partial charge in [0.15, 0.2) is 0 Å². The molecule has 35 heavy (non-hydrogen) atoms. The first-order chi connectivity index (χ1) is 16.9. The lowest BCUT2D eigenvalue weighted by Gasteiger charge is -2.32. The second-order valence-electron chi connectivity index (χ2n) is 9.24. The predicted molar refractivity (Wildman–Crippen MR) is 136 cm³/mol. The number of carboxylic acid groups (broad SMARTS) is 1. The van der Waals surface area contributed by atoms with Gasteiger partial charge in [-0.1, -0.05) is 36.4 Å². The van der Waals surface area contributed by atoms with Crippen LogP contribution in [0.25, 0.3) is 0 Å². The molecule has 7 nitrogen and oxygen atoms in total. The van der Waals surface area contributed by atoms with E-state index in [0.717, 1.165) is 40.5 Å². The predicted octanol–water partition coefficient (Wildman–Crippen LogP) is 5.96. The number of piperidine rings is 1. The Labute approximate surface area is 205 Å². The fourth-order valence-corrected chi connectivity index (χ4v) is 4.88. The Kier molecular flexibility index (Phi) is 7.46. The van der Waals surface area contributed by atoms with Gasteiger partial charge in [-0.05, 0) is 72.8 Å². The third-order valence-electron chi connectivity index (χ3n) is 7.03. The van der Waals surface area contributed by atoms with Gasteiger partial charge in [0.25, 0.3) is 0 Å². The summed E-state index contributed by atoms with van der Waals surface area (Å²) in [4.78, 5) is 25.4. The number of hydroxylamine groups is 2. The van der Waals surface area contributed by atoms with Crippen molar-refractivity contribution in [2.24, 2.45) is 11.1 Å². The standard InChI is InChI=1S/C28H31N3O4/c1-19-5-3-4-6-25(19)26(18-27(29-34)23-13-16-31(35)20(2)17-23)21-7-9-24(10-8-21)30-14-11-22(12-15-30)28(32)33/h3-10,13,16-17,22,26,35H,11-12,14-15,18H2,1-2H3,(H,32,33). The van der Waals surface area contributed by atoms with Crippen LogP contribution in [0, 0.1) is 17.7 Å². The summed E-state index contributed by atoms with van der Waals surface area (Å²) in [5.74, 6) is -1.04. The van der Waals surface area contributed by atoms with Gasteiger partial charge in [-0.25, -0.2) is 5.06 Å². The molecular weight excluding hydrogens is 442 g/mol. The summed E-state index contributed by atoms with van der Waals surface area (Å²) in [5, 5.41) is 23.5. The van der Waals surface area contributed by atoms with Crippen molar-refractivity contribution in [3.05, 3.63) is 105 Å². The highest BCUT2D eigenvalue weighted by Gasteiger charge is 2.25. The van der Waals surface area contributed by atoms with Gasteiger partial charge < -0.3 is 10.0 Å². The number of aliphatic carboxylic acids is 1. The zero-order valence-electron chi connectivity index (χ0n) is 20.1. The van der Waals surface area contributed by atoms with Crippen LogP contribution < -0.4 is 4.90 Å². The van der Waals surface area contributed by atoms with E-state index < -0.39 is 5.97 Å². The van der Waals surface area contributed by atoms with E-state index in [1.807, 2.05) is 12.1 Å². The van der Waals surface area contributed by atoms with Gasteiger partial charge in [0.1, 0.15) is 0 Å². The van der Waals surface area contributed by atoms with Crippen LogP contribution in [0.4, 0.5) is 5.69 Å². The lowest BCUT2D eigenvalue weighted by molar-refractivity contribution is -0.142. The Morgan fingerprint density at radius 2 is 1.77 bits per heavy atom. The lowest BCUT2D eigenvalue weighted by Crippen LogP contribution is -2.36. The Hall–Kier alpha value is -3.71. The Morgan fingerprint density at radius 1 is 1.09 bits per heavy atom. The molecule has 0 amide bonds. The highest BCUT2D eigenvalue weighted by atomic mass is 16.5. The minimum absolute atomic E-state index is 0.0718. The van der Waals surface area contributed by atoms with Crippen LogP contribution in [-0.2, 0) is 4.79 Å². The van der Waals surface area contributed by atoms with Gasteiger partial charge in [0.2, 0.25) is 0 Å². The summed E-state index contributed by atoms with van der Waals surface area (Å²) in [5.41, 5.74) is 6.17. The molecule has 0 aliphatic carbocycles. The first-order valence-electron chi connectivity index (χ1n) is 11.9. The number of hydrogen-bond donors (Lipinski definition) is 2. The third-order valence-corrected chi connectivity index (χ3v) is 7.03. The number of aryl methyl sites for hydroxylation is 1. The normalized spacial score (nSPS) is 18.8. The molecule has 0 bridgehead atoms. The van der Waals surface area contributed by atoms with Crippen LogP contribution in [-0.4, -0.2) is 34.4 Å². The van der Waals surface area contributed by atoms with Gasteiger partial charge in [-0.15, -0.1) is 4.91 Å². The number of carboxylic acids is 1. The summed E-state index contributed by atoms with van der Waals surface area (Å²) >= 11 is 0. The van der Waals surface area contributed by atoms with Gasteiger partial charge in [-0.2, -0.15) is 0 Å². The minimum Gasteiger partial charge on any atom is -0.481 e. The molecule has 1 atom stereocenters. The maximum Gasteiger partial charge on any atom is 0.306 e. The molecule has 2 aromatic carbocycles. The highest BCUT2D eigenvalue weighted by molar-refractivity contribution is 5.70. The molecule has 0 radical (unpaired) electrons.